The van der Waals surface area contributed by atoms with Gasteiger partial charge < -0.3 is 5.11 Å². The summed E-state index contributed by atoms with van der Waals surface area (Å²) in [5.74, 6) is 0. The molecule has 1 N–H and O–H groups in total. The standard InChI is InChI=1S/C17H22O/c1-16(2,3)17(4,18)12-14-10-7-9-13-8-5-6-11-15(13)14/h5-11,18H,12H2,1-4H3. The lowest BCUT2D eigenvalue weighted by atomic mass is 9.74. The molecule has 0 heterocycles. The van der Waals surface area contributed by atoms with Crippen LogP contribution in [0.15, 0.2) is 42.5 Å². The van der Waals surface area contributed by atoms with Gasteiger partial charge in [-0.15, -0.1) is 0 Å². The molecule has 0 spiro atoms. The number of fused-ring (bicyclic) bond motifs is 1. The summed E-state index contributed by atoms with van der Waals surface area (Å²) >= 11 is 0. The monoisotopic (exact) mass is 242 g/mol. The number of hydrogen-bond donors (Lipinski definition) is 1. The summed E-state index contributed by atoms with van der Waals surface area (Å²) in [5.41, 5.74) is 0.370. The largest absolute Gasteiger partial charge is 0.389 e. The van der Waals surface area contributed by atoms with Crippen molar-refractivity contribution in [1.29, 1.82) is 0 Å². The molecule has 1 unspecified atom stereocenters. The fraction of sp³-hybridized carbons (Fsp3) is 0.412. The third-order valence-corrected chi connectivity index (χ3v) is 4.03. The molecular weight excluding hydrogens is 220 g/mol. The maximum atomic E-state index is 10.7. The van der Waals surface area contributed by atoms with Crippen molar-refractivity contribution >= 4 is 10.8 Å². The van der Waals surface area contributed by atoms with Crippen molar-refractivity contribution in [1.82, 2.24) is 0 Å². The molecule has 1 atom stereocenters. The smallest absolute Gasteiger partial charge is 0.0708 e. The average Bonchev–Trinajstić information content (AvgIpc) is 2.27. The van der Waals surface area contributed by atoms with Crippen LogP contribution in [0, 0.1) is 5.41 Å². The minimum atomic E-state index is -0.711. The van der Waals surface area contributed by atoms with E-state index in [1.807, 2.05) is 13.0 Å². The summed E-state index contributed by atoms with van der Waals surface area (Å²) < 4.78 is 0. The minimum Gasteiger partial charge on any atom is -0.389 e. The lowest BCUT2D eigenvalue weighted by molar-refractivity contribution is -0.0403. The van der Waals surface area contributed by atoms with Crippen molar-refractivity contribution in [3.05, 3.63) is 48.0 Å². The van der Waals surface area contributed by atoms with Crippen molar-refractivity contribution in [3.8, 4) is 0 Å². The van der Waals surface area contributed by atoms with Gasteiger partial charge >= 0.3 is 0 Å². The molecular formula is C17H22O. The van der Waals surface area contributed by atoms with E-state index in [9.17, 15) is 5.11 Å². The molecule has 0 aliphatic rings. The lowest BCUT2D eigenvalue weighted by Gasteiger charge is -2.37. The summed E-state index contributed by atoms with van der Waals surface area (Å²) in [5, 5.41) is 13.1. The molecule has 0 saturated heterocycles. The van der Waals surface area contributed by atoms with Crippen molar-refractivity contribution < 1.29 is 5.11 Å². The number of hydrogen-bond acceptors (Lipinski definition) is 1. The van der Waals surface area contributed by atoms with Gasteiger partial charge in [0.05, 0.1) is 5.60 Å². The van der Waals surface area contributed by atoms with Gasteiger partial charge in [-0.2, -0.15) is 0 Å². The van der Waals surface area contributed by atoms with Crippen LogP contribution >= 0.6 is 0 Å². The summed E-state index contributed by atoms with van der Waals surface area (Å²) in [6.45, 7) is 8.17. The highest BCUT2D eigenvalue weighted by Crippen LogP contribution is 2.34. The Morgan fingerprint density at radius 3 is 2.17 bits per heavy atom. The van der Waals surface area contributed by atoms with E-state index in [0.29, 0.717) is 6.42 Å². The lowest BCUT2D eigenvalue weighted by Crippen LogP contribution is -2.41. The van der Waals surface area contributed by atoms with Crippen molar-refractivity contribution in [2.45, 2.75) is 39.7 Å². The molecule has 1 heteroatoms. The second-order valence-corrected chi connectivity index (χ2v) is 6.34. The predicted molar refractivity (Wildman–Crippen MR) is 77.7 cm³/mol. The van der Waals surface area contributed by atoms with Crippen LogP contribution in [0.5, 0.6) is 0 Å². The highest BCUT2D eigenvalue weighted by molar-refractivity contribution is 5.85. The highest BCUT2D eigenvalue weighted by Gasteiger charge is 2.35. The molecule has 0 saturated carbocycles. The Morgan fingerprint density at radius 2 is 1.50 bits per heavy atom. The molecule has 96 valence electrons. The second kappa shape index (κ2) is 4.40. The first-order chi connectivity index (χ1) is 8.31. The van der Waals surface area contributed by atoms with Crippen LogP contribution in [0.2, 0.25) is 0 Å². The Balaban J connectivity index is 2.44. The molecule has 0 amide bonds. The molecule has 2 rings (SSSR count). The topological polar surface area (TPSA) is 20.2 Å². The highest BCUT2D eigenvalue weighted by atomic mass is 16.3. The molecule has 18 heavy (non-hydrogen) atoms. The summed E-state index contributed by atoms with van der Waals surface area (Å²) in [7, 11) is 0. The Labute approximate surface area is 109 Å². The minimum absolute atomic E-state index is 0.135. The molecule has 0 bridgehead atoms. The van der Waals surface area contributed by atoms with Gasteiger partial charge in [0, 0.05) is 6.42 Å². The van der Waals surface area contributed by atoms with Crippen LogP contribution in [-0.4, -0.2) is 10.7 Å². The van der Waals surface area contributed by atoms with Crippen LogP contribution in [0.1, 0.15) is 33.3 Å². The Hall–Kier alpha value is -1.34. The van der Waals surface area contributed by atoms with Crippen molar-refractivity contribution in [3.63, 3.8) is 0 Å². The van der Waals surface area contributed by atoms with E-state index in [0.717, 1.165) is 0 Å². The predicted octanol–water partition coefficient (Wildman–Crippen LogP) is 4.18. The second-order valence-electron chi connectivity index (χ2n) is 6.34. The zero-order valence-corrected chi connectivity index (χ0v) is 11.7. The number of aliphatic hydroxyl groups is 1. The van der Waals surface area contributed by atoms with E-state index in [1.165, 1.54) is 16.3 Å². The van der Waals surface area contributed by atoms with E-state index in [-0.39, 0.29) is 5.41 Å². The summed E-state index contributed by atoms with van der Waals surface area (Å²) in [6, 6.07) is 14.6. The molecule has 0 radical (unpaired) electrons. The molecule has 2 aromatic carbocycles. The molecule has 0 fully saturated rings. The SMILES string of the molecule is CC(C)(C)C(C)(O)Cc1cccc2ccccc12. The Morgan fingerprint density at radius 1 is 0.889 bits per heavy atom. The van der Waals surface area contributed by atoms with Crippen LogP contribution in [0.3, 0.4) is 0 Å². The Kier molecular flexibility index (Phi) is 3.20. The molecule has 0 aliphatic heterocycles. The normalized spacial score (nSPS) is 15.6. The van der Waals surface area contributed by atoms with Crippen LogP contribution in [-0.2, 0) is 6.42 Å². The van der Waals surface area contributed by atoms with Crippen molar-refractivity contribution in [2.75, 3.05) is 0 Å². The van der Waals surface area contributed by atoms with E-state index >= 15 is 0 Å². The number of benzene rings is 2. The van der Waals surface area contributed by atoms with Crippen LogP contribution < -0.4 is 0 Å². The van der Waals surface area contributed by atoms with Gasteiger partial charge in [-0.05, 0) is 28.7 Å². The molecule has 0 aliphatic carbocycles. The van der Waals surface area contributed by atoms with Gasteiger partial charge in [0.15, 0.2) is 0 Å². The van der Waals surface area contributed by atoms with Crippen LogP contribution in [0.25, 0.3) is 10.8 Å². The zero-order chi connectivity index (χ0) is 13.4. The van der Waals surface area contributed by atoms with E-state index in [1.54, 1.807) is 0 Å². The van der Waals surface area contributed by atoms with Gasteiger partial charge in [-0.1, -0.05) is 63.2 Å². The molecule has 0 aromatic heterocycles. The first kappa shape index (κ1) is 13.1. The summed E-state index contributed by atoms with van der Waals surface area (Å²) in [6.07, 6.45) is 0.678. The van der Waals surface area contributed by atoms with Gasteiger partial charge in [-0.3, -0.25) is 0 Å². The first-order valence-corrected chi connectivity index (χ1v) is 6.50. The zero-order valence-electron chi connectivity index (χ0n) is 11.7. The summed E-state index contributed by atoms with van der Waals surface area (Å²) in [4.78, 5) is 0. The van der Waals surface area contributed by atoms with Crippen LogP contribution in [0.4, 0.5) is 0 Å². The fourth-order valence-corrected chi connectivity index (χ4v) is 2.08. The maximum Gasteiger partial charge on any atom is 0.0708 e. The quantitative estimate of drug-likeness (QED) is 0.837. The molecule has 2 aromatic rings. The van der Waals surface area contributed by atoms with Gasteiger partial charge in [-0.25, -0.2) is 0 Å². The average molecular weight is 242 g/mol. The van der Waals surface area contributed by atoms with E-state index < -0.39 is 5.60 Å². The van der Waals surface area contributed by atoms with E-state index in [2.05, 4.69) is 57.2 Å². The van der Waals surface area contributed by atoms with Crippen molar-refractivity contribution in [2.24, 2.45) is 5.41 Å². The number of rotatable bonds is 2. The maximum absolute atomic E-state index is 10.7. The third kappa shape index (κ3) is 2.41. The van der Waals surface area contributed by atoms with Gasteiger partial charge in [0.1, 0.15) is 0 Å². The fourth-order valence-electron chi connectivity index (χ4n) is 2.08. The van der Waals surface area contributed by atoms with Gasteiger partial charge in [0.25, 0.3) is 0 Å². The molecule has 1 nitrogen and oxygen atoms in total. The Bertz CT molecular complexity index is 542. The first-order valence-electron chi connectivity index (χ1n) is 6.50. The third-order valence-electron chi connectivity index (χ3n) is 4.03. The van der Waals surface area contributed by atoms with E-state index in [4.69, 9.17) is 0 Å². The van der Waals surface area contributed by atoms with Gasteiger partial charge in [0.2, 0.25) is 0 Å².